The number of hydrogen-bond donors (Lipinski definition) is 2. The van der Waals surface area contributed by atoms with E-state index in [1.807, 2.05) is 0 Å². The lowest BCUT2D eigenvalue weighted by molar-refractivity contribution is -0.144. The topological polar surface area (TPSA) is 66.4 Å². The van der Waals surface area contributed by atoms with E-state index in [0.29, 0.717) is 5.56 Å². The Morgan fingerprint density at radius 2 is 1.86 bits per heavy atom. The van der Waals surface area contributed by atoms with E-state index in [4.69, 9.17) is 5.11 Å². The van der Waals surface area contributed by atoms with Gasteiger partial charge in [-0.05, 0) is 29.5 Å². The summed E-state index contributed by atoms with van der Waals surface area (Å²) in [5, 5.41) is 11.6. The summed E-state index contributed by atoms with van der Waals surface area (Å²) in [5.74, 6) is -3.46. The molecule has 1 aromatic carbocycles. The van der Waals surface area contributed by atoms with Crippen LogP contribution in [-0.4, -0.2) is 23.0 Å². The predicted octanol–water partition coefficient (Wildman–Crippen LogP) is 2.51. The zero-order valence-corrected chi connectivity index (χ0v) is 12.2. The van der Waals surface area contributed by atoms with Crippen molar-refractivity contribution in [3.8, 4) is 0 Å². The number of rotatable bonds is 5. The van der Waals surface area contributed by atoms with Crippen LogP contribution in [0.4, 0.5) is 8.78 Å². The molecule has 0 saturated carbocycles. The van der Waals surface area contributed by atoms with Gasteiger partial charge in [0.15, 0.2) is 11.6 Å². The molecule has 21 heavy (non-hydrogen) atoms. The average molecular weight is 299 g/mol. The van der Waals surface area contributed by atoms with Gasteiger partial charge in [0.05, 0.1) is 0 Å². The number of carbonyl (C=O) groups excluding carboxylic acids is 1. The summed E-state index contributed by atoms with van der Waals surface area (Å²) in [5.41, 5.74) is -0.143. The smallest absolute Gasteiger partial charge is 0.326 e. The lowest BCUT2D eigenvalue weighted by atomic mass is 9.86. The minimum Gasteiger partial charge on any atom is -0.480 e. The Labute approximate surface area is 122 Å². The maximum absolute atomic E-state index is 13.0. The number of aliphatic carboxylic acids is 1. The maximum atomic E-state index is 13.0. The molecule has 4 nitrogen and oxygen atoms in total. The normalized spacial score (nSPS) is 12.8. The SMILES string of the molecule is CC(C)(C)[C@H](NC(=O)CCc1ccc(F)c(F)c1)C(=O)O. The molecule has 116 valence electrons. The Balaban J connectivity index is 2.61. The van der Waals surface area contributed by atoms with Crippen LogP contribution in [0.3, 0.4) is 0 Å². The minimum atomic E-state index is -1.11. The third kappa shape index (κ3) is 5.13. The highest BCUT2D eigenvalue weighted by Gasteiger charge is 2.32. The van der Waals surface area contributed by atoms with E-state index >= 15 is 0 Å². The molecule has 0 bridgehead atoms. The number of hydrogen-bond acceptors (Lipinski definition) is 2. The fraction of sp³-hybridized carbons (Fsp3) is 0.467. The number of aryl methyl sites for hydroxylation is 1. The molecule has 0 aliphatic rings. The molecule has 6 heteroatoms. The van der Waals surface area contributed by atoms with E-state index in [1.54, 1.807) is 20.8 Å². The number of carboxylic acid groups (broad SMARTS) is 1. The molecule has 0 radical (unpaired) electrons. The second-order valence-corrected chi connectivity index (χ2v) is 5.95. The molecular weight excluding hydrogens is 280 g/mol. The molecule has 1 aromatic rings. The molecule has 0 aromatic heterocycles. The van der Waals surface area contributed by atoms with Gasteiger partial charge in [-0.3, -0.25) is 4.79 Å². The van der Waals surface area contributed by atoms with Crippen LogP contribution in [-0.2, 0) is 16.0 Å². The number of carboxylic acids is 1. The fourth-order valence-corrected chi connectivity index (χ4v) is 1.83. The molecule has 0 fully saturated rings. The molecule has 1 rings (SSSR count). The first kappa shape index (κ1) is 17.1. The van der Waals surface area contributed by atoms with Gasteiger partial charge in [0.2, 0.25) is 5.91 Å². The molecule has 0 spiro atoms. The van der Waals surface area contributed by atoms with Gasteiger partial charge < -0.3 is 10.4 Å². The van der Waals surface area contributed by atoms with Gasteiger partial charge in [-0.25, -0.2) is 13.6 Å². The van der Waals surface area contributed by atoms with Gasteiger partial charge in [-0.2, -0.15) is 0 Å². The van der Waals surface area contributed by atoms with Crippen LogP contribution in [0.15, 0.2) is 18.2 Å². The molecule has 1 amide bonds. The molecule has 1 atom stereocenters. The molecule has 0 unspecified atom stereocenters. The van der Waals surface area contributed by atoms with Gasteiger partial charge in [0.25, 0.3) is 0 Å². The van der Waals surface area contributed by atoms with Crippen LogP contribution in [0, 0.1) is 17.0 Å². The number of halogens is 2. The van der Waals surface area contributed by atoms with E-state index in [9.17, 15) is 18.4 Å². The van der Waals surface area contributed by atoms with Crippen molar-refractivity contribution >= 4 is 11.9 Å². The Morgan fingerprint density at radius 3 is 2.33 bits per heavy atom. The van der Waals surface area contributed by atoms with E-state index in [0.717, 1.165) is 12.1 Å². The molecule has 0 aliphatic carbocycles. The molecule has 2 N–H and O–H groups in total. The number of benzene rings is 1. The van der Waals surface area contributed by atoms with Gasteiger partial charge in [-0.1, -0.05) is 26.8 Å². The summed E-state index contributed by atoms with van der Waals surface area (Å²) in [4.78, 5) is 22.9. The highest BCUT2D eigenvalue weighted by Crippen LogP contribution is 2.19. The molecule has 0 heterocycles. The first-order chi connectivity index (χ1) is 9.61. The third-order valence-electron chi connectivity index (χ3n) is 3.04. The summed E-state index contributed by atoms with van der Waals surface area (Å²) >= 11 is 0. The van der Waals surface area contributed by atoms with Crippen molar-refractivity contribution in [2.24, 2.45) is 5.41 Å². The van der Waals surface area contributed by atoms with Crippen LogP contribution < -0.4 is 5.32 Å². The van der Waals surface area contributed by atoms with Crippen molar-refractivity contribution in [2.75, 3.05) is 0 Å². The van der Waals surface area contributed by atoms with Crippen molar-refractivity contribution < 1.29 is 23.5 Å². The minimum absolute atomic E-state index is 0.00489. The van der Waals surface area contributed by atoms with E-state index in [-0.39, 0.29) is 12.8 Å². The summed E-state index contributed by atoms with van der Waals surface area (Å²) in [7, 11) is 0. The van der Waals surface area contributed by atoms with Crippen molar-refractivity contribution in [3.63, 3.8) is 0 Å². The highest BCUT2D eigenvalue weighted by molar-refractivity contribution is 5.84. The lowest BCUT2D eigenvalue weighted by Gasteiger charge is -2.27. The number of carbonyl (C=O) groups is 2. The summed E-state index contributed by atoms with van der Waals surface area (Å²) < 4.78 is 25.8. The van der Waals surface area contributed by atoms with Crippen molar-refractivity contribution in [3.05, 3.63) is 35.4 Å². The summed E-state index contributed by atoms with van der Waals surface area (Å²) in [6.07, 6.45) is 0.213. The fourth-order valence-electron chi connectivity index (χ4n) is 1.83. The monoisotopic (exact) mass is 299 g/mol. The average Bonchev–Trinajstić information content (AvgIpc) is 2.35. The third-order valence-corrected chi connectivity index (χ3v) is 3.04. The zero-order valence-electron chi connectivity index (χ0n) is 12.2. The lowest BCUT2D eigenvalue weighted by Crippen LogP contribution is -2.49. The number of nitrogens with one attached hydrogen (secondary N) is 1. The van der Waals surface area contributed by atoms with Crippen molar-refractivity contribution in [1.82, 2.24) is 5.32 Å². The highest BCUT2D eigenvalue weighted by atomic mass is 19.2. The van der Waals surface area contributed by atoms with E-state index < -0.39 is 35.0 Å². The molecule has 0 aliphatic heterocycles. The zero-order chi connectivity index (χ0) is 16.2. The van der Waals surface area contributed by atoms with Crippen molar-refractivity contribution in [2.45, 2.75) is 39.7 Å². The Morgan fingerprint density at radius 1 is 1.24 bits per heavy atom. The van der Waals surface area contributed by atoms with E-state index in [1.165, 1.54) is 6.07 Å². The Kier molecular flexibility index (Phi) is 5.41. The quantitative estimate of drug-likeness (QED) is 0.878. The largest absolute Gasteiger partial charge is 0.480 e. The molecule has 0 saturated heterocycles. The number of amides is 1. The first-order valence-corrected chi connectivity index (χ1v) is 6.57. The first-order valence-electron chi connectivity index (χ1n) is 6.57. The van der Waals surface area contributed by atoms with Crippen LogP contribution >= 0.6 is 0 Å². The van der Waals surface area contributed by atoms with Crippen LogP contribution in [0.25, 0.3) is 0 Å². The van der Waals surface area contributed by atoms with Crippen molar-refractivity contribution in [1.29, 1.82) is 0 Å². The van der Waals surface area contributed by atoms with Gasteiger partial charge in [0, 0.05) is 6.42 Å². The second kappa shape index (κ2) is 6.65. The second-order valence-electron chi connectivity index (χ2n) is 5.95. The van der Waals surface area contributed by atoms with Crippen LogP contribution in [0.2, 0.25) is 0 Å². The van der Waals surface area contributed by atoms with Gasteiger partial charge in [-0.15, -0.1) is 0 Å². The molecular formula is C15H19F2NO3. The Bertz CT molecular complexity index is 538. The summed E-state index contributed by atoms with van der Waals surface area (Å²) in [6.45, 7) is 5.13. The summed E-state index contributed by atoms with van der Waals surface area (Å²) in [6, 6.07) is 2.41. The van der Waals surface area contributed by atoms with Crippen LogP contribution in [0.5, 0.6) is 0 Å². The Hall–Kier alpha value is -1.98. The van der Waals surface area contributed by atoms with Gasteiger partial charge in [0.1, 0.15) is 6.04 Å². The van der Waals surface area contributed by atoms with Crippen LogP contribution in [0.1, 0.15) is 32.8 Å². The van der Waals surface area contributed by atoms with E-state index in [2.05, 4.69) is 5.32 Å². The maximum Gasteiger partial charge on any atom is 0.326 e. The van der Waals surface area contributed by atoms with Gasteiger partial charge >= 0.3 is 5.97 Å². The standard InChI is InChI=1S/C15H19F2NO3/c1-15(2,3)13(14(20)21)18-12(19)7-5-9-4-6-10(16)11(17)8-9/h4,6,8,13H,5,7H2,1-3H3,(H,18,19)(H,20,21)/t13-/m1/s1. The predicted molar refractivity (Wildman–Crippen MR) is 73.7 cm³/mol.